The number of aryl methyl sites for hydroxylation is 1. The first kappa shape index (κ1) is 25.2. The molecule has 0 bridgehead atoms. The molecule has 0 unspecified atom stereocenters. The van der Waals surface area contributed by atoms with Gasteiger partial charge in [0.05, 0.1) is 0 Å². The summed E-state index contributed by atoms with van der Waals surface area (Å²) >= 11 is 0. The Morgan fingerprint density at radius 3 is 2.19 bits per heavy atom. The van der Waals surface area contributed by atoms with Gasteiger partial charge in [-0.25, -0.2) is 0 Å². The second kappa shape index (κ2) is 13.3. The van der Waals surface area contributed by atoms with E-state index in [1.807, 2.05) is 26.0 Å². The van der Waals surface area contributed by atoms with Gasteiger partial charge < -0.3 is 42.5 Å². The fraction of sp³-hybridized carbons (Fsp3) is 0.333. The summed E-state index contributed by atoms with van der Waals surface area (Å²) in [7, 11) is 0. The predicted molar refractivity (Wildman–Crippen MR) is 50.1 cm³/mol. The zero-order chi connectivity index (χ0) is 8.97. The van der Waals surface area contributed by atoms with Crippen LogP contribution in [0.5, 0.6) is 0 Å². The molecule has 7 heteroatoms. The summed E-state index contributed by atoms with van der Waals surface area (Å²) in [6, 6.07) is 5.64. The van der Waals surface area contributed by atoms with E-state index in [1.54, 1.807) is 6.07 Å². The molecular weight excluding hydrogens is 369 g/mol. The quantitative estimate of drug-likeness (QED) is 0.410. The summed E-state index contributed by atoms with van der Waals surface area (Å²) < 4.78 is 0. The Kier molecular flexibility index (Phi) is 20.9. The van der Waals surface area contributed by atoms with Crippen molar-refractivity contribution in [3.8, 4) is 0 Å². The van der Waals surface area contributed by atoms with Gasteiger partial charge in [-0.1, -0.05) is 0 Å². The fourth-order valence-electron chi connectivity index (χ4n) is 1.08. The predicted octanol–water partition coefficient (Wildman–Crippen LogP) is -6.08. The molecule has 0 fully saturated rings. The molecular formula is C9H12CdCl3N3. The number of halogens is 3. The third-order valence-corrected chi connectivity index (χ3v) is 1.69. The van der Waals surface area contributed by atoms with Crippen molar-refractivity contribution in [3.05, 3.63) is 28.7 Å². The van der Waals surface area contributed by atoms with Crippen LogP contribution in [0.2, 0.25) is 0 Å². The summed E-state index contributed by atoms with van der Waals surface area (Å²) in [5.41, 5.74) is 2.65. The first-order valence-corrected chi connectivity index (χ1v) is 3.97. The van der Waals surface area contributed by atoms with Crippen LogP contribution >= 0.6 is 0 Å². The summed E-state index contributed by atoms with van der Waals surface area (Å²) in [5, 5.41) is 11.7. The van der Waals surface area contributed by atoms with Crippen LogP contribution in [0.3, 0.4) is 0 Å². The van der Waals surface area contributed by atoms with Gasteiger partial charge >= 0.3 is 33.0 Å². The summed E-state index contributed by atoms with van der Waals surface area (Å²) in [5.74, 6) is 0. The second-order valence-corrected chi connectivity index (χ2v) is 2.63. The maximum absolute atomic E-state index is 8.54. The van der Waals surface area contributed by atoms with Gasteiger partial charge in [-0.05, 0) is 26.0 Å². The monoisotopic (exact) mass is 381 g/mol. The van der Waals surface area contributed by atoms with Crippen molar-refractivity contribution < 1.29 is 64.5 Å². The third kappa shape index (κ3) is 7.50. The molecule has 0 amide bonds. The molecule has 0 aliphatic carbocycles. The SMILES string of the molecule is CCNc1ccc([N+]#N)c(C)c1.[Cd+2].[Cl-].[Cl-].[Cl-]. The number of anilines is 1. The first-order valence-electron chi connectivity index (χ1n) is 3.97. The zero-order valence-electron chi connectivity index (χ0n) is 9.17. The molecule has 0 aliphatic heterocycles. The van der Waals surface area contributed by atoms with Crippen LogP contribution < -0.4 is 42.5 Å². The summed E-state index contributed by atoms with van der Waals surface area (Å²) in [4.78, 5) is 3.14. The number of benzene rings is 1. The van der Waals surface area contributed by atoms with Crippen LogP contribution in [0.4, 0.5) is 11.4 Å². The minimum absolute atomic E-state index is 0. The third-order valence-electron chi connectivity index (χ3n) is 1.69. The number of nitrogens with zero attached hydrogens (tertiary/aromatic N) is 2. The molecule has 86 valence electrons. The topological polar surface area (TPSA) is 40.2 Å². The van der Waals surface area contributed by atoms with Crippen molar-refractivity contribution >= 4 is 11.4 Å². The Hall–Kier alpha value is 0.232. The van der Waals surface area contributed by atoms with Crippen LogP contribution in [0.15, 0.2) is 18.2 Å². The normalized spacial score (nSPS) is 6.81. The van der Waals surface area contributed by atoms with E-state index in [4.69, 9.17) is 5.39 Å². The molecule has 0 saturated heterocycles. The number of rotatable bonds is 2. The maximum atomic E-state index is 8.54. The van der Waals surface area contributed by atoms with Gasteiger partial charge in [-0.15, -0.1) is 0 Å². The molecule has 0 aromatic heterocycles. The molecule has 1 aromatic carbocycles. The number of nitrogens with one attached hydrogen (secondary N) is 1. The van der Waals surface area contributed by atoms with Crippen LogP contribution in [0, 0.1) is 12.3 Å². The maximum Gasteiger partial charge on any atom is 2.00 e. The van der Waals surface area contributed by atoms with Crippen molar-refractivity contribution in [1.82, 2.24) is 0 Å². The van der Waals surface area contributed by atoms with E-state index in [1.165, 1.54) is 0 Å². The molecule has 0 atom stereocenters. The second-order valence-electron chi connectivity index (χ2n) is 2.63. The fourth-order valence-corrected chi connectivity index (χ4v) is 1.08. The minimum atomic E-state index is 0. The van der Waals surface area contributed by atoms with Crippen LogP contribution in [-0.2, 0) is 27.3 Å². The number of hydrogen-bond donors (Lipinski definition) is 1. The van der Waals surface area contributed by atoms with Crippen molar-refractivity contribution in [1.29, 1.82) is 5.39 Å². The van der Waals surface area contributed by atoms with Crippen LogP contribution in [0.1, 0.15) is 12.5 Å². The molecule has 3 nitrogen and oxygen atoms in total. The summed E-state index contributed by atoms with van der Waals surface area (Å²) in [6.07, 6.45) is 0. The van der Waals surface area contributed by atoms with Gasteiger partial charge in [0.15, 0.2) is 4.98 Å². The number of diazo groups is 1. The Bertz CT molecular complexity index is 328. The molecule has 16 heavy (non-hydrogen) atoms. The summed E-state index contributed by atoms with van der Waals surface area (Å²) in [6.45, 7) is 4.85. The van der Waals surface area contributed by atoms with Crippen molar-refractivity contribution in [3.63, 3.8) is 0 Å². The Balaban J connectivity index is -0.000000180. The van der Waals surface area contributed by atoms with Crippen molar-refractivity contribution in [2.75, 3.05) is 11.9 Å². The molecule has 0 aliphatic rings. The largest absolute Gasteiger partial charge is 2.00 e. The van der Waals surface area contributed by atoms with E-state index in [-0.39, 0.29) is 64.5 Å². The molecule has 1 aromatic rings. The molecule has 0 radical (unpaired) electrons. The van der Waals surface area contributed by atoms with E-state index in [0.717, 1.165) is 17.8 Å². The van der Waals surface area contributed by atoms with Crippen LogP contribution in [-0.4, -0.2) is 6.54 Å². The standard InChI is InChI=1S/C9H12N3.Cd.3ClH/c1-3-11-8-4-5-9(12-10)7(2)6-8;;;;/h4-6,11H,3H2,1-2H3;;3*1H/q+1;+2;;;/p-3. The number of hydrogen-bond acceptors (Lipinski definition) is 2. The molecule has 0 saturated carbocycles. The van der Waals surface area contributed by atoms with E-state index in [0.29, 0.717) is 5.69 Å². The average molecular weight is 381 g/mol. The molecule has 0 spiro atoms. The molecule has 0 heterocycles. The van der Waals surface area contributed by atoms with Gasteiger partial charge in [0.25, 0.3) is 0 Å². The van der Waals surface area contributed by atoms with E-state index in [9.17, 15) is 0 Å². The smallest absolute Gasteiger partial charge is 1.00 e. The van der Waals surface area contributed by atoms with E-state index in [2.05, 4.69) is 10.3 Å². The van der Waals surface area contributed by atoms with E-state index >= 15 is 0 Å². The molecule has 1 rings (SSSR count). The minimum Gasteiger partial charge on any atom is -1.00 e. The van der Waals surface area contributed by atoms with Crippen molar-refractivity contribution in [2.24, 2.45) is 0 Å². The van der Waals surface area contributed by atoms with Gasteiger partial charge in [-0.2, -0.15) is 0 Å². The van der Waals surface area contributed by atoms with Gasteiger partial charge in [0, 0.05) is 23.9 Å². The van der Waals surface area contributed by atoms with Gasteiger partial charge in [0.1, 0.15) is 0 Å². The Morgan fingerprint density at radius 1 is 1.25 bits per heavy atom. The Morgan fingerprint density at radius 2 is 1.81 bits per heavy atom. The van der Waals surface area contributed by atoms with E-state index < -0.39 is 0 Å². The zero-order valence-corrected chi connectivity index (χ0v) is 15.5. The average Bonchev–Trinajstić information content (AvgIpc) is 2.05. The van der Waals surface area contributed by atoms with Crippen molar-refractivity contribution in [2.45, 2.75) is 13.8 Å². The Labute approximate surface area is 135 Å². The van der Waals surface area contributed by atoms with Gasteiger partial charge in [0.2, 0.25) is 5.39 Å². The molecule has 1 N–H and O–H groups in total. The van der Waals surface area contributed by atoms with Crippen LogP contribution in [0.25, 0.3) is 4.98 Å². The van der Waals surface area contributed by atoms with Gasteiger partial charge in [-0.3, -0.25) is 0 Å². The first-order chi connectivity index (χ1) is 5.77.